The van der Waals surface area contributed by atoms with Crippen molar-refractivity contribution in [1.82, 2.24) is 5.32 Å². The van der Waals surface area contributed by atoms with E-state index in [1.165, 1.54) is 12.8 Å². The van der Waals surface area contributed by atoms with Gasteiger partial charge in [0.1, 0.15) is 0 Å². The number of anilines is 1. The van der Waals surface area contributed by atoms with E-state index in [9.17, 15) is 4.79 Å². The molecular weight excluding hydrogens is 200 g/mol. The van der Waals surface area contributed by atoms with Crippen LogP contribution in [-0.2, 0) is 4.79 Å². The van der Waals surface area contributed by atoms with Crippen LogP contribution in [0, 0.1) is 6.92 Å². The lowest BCUT2D eigenvalue weighted by Crippen LogP contribution is -2.35. The number of benzene rings is 1. The quantitative estimate of drug-likeness (QED) is 0.812. The highest BCUT2D eigenvalue weighted by Crippen LogP contribution is 2.33. The summed E-state index contributed by atoms with van der Waals surface area (Å²) in [6.07, 6.45) is 2.34. The van der Waals surface area contributed by atoms with Crippen molar-refractivity contribution in [2.45, 2.75) is 32.2 Å². The Morgan fingerprint density at radius 3 is 2.81 bits per heavy atom. The molecule has 3 nitrogen and oxygen atoms in total. The maximum absolute atomic E-state index is 11.6. The van der Waals surface area contributed by atoms with Gasteiger partial charge in [-0.2, -0.15) is 0 Å². The fraction of sp³-hybridized carbons (Fsp3) is 0.462. The Labute approximate surface area is 96.2 Å². The Balaban J connectivity index is 1.82. The molecule has 0 radical (unpaired) electrons. The van der Waals surface area contributed by atoms with Crippen molar-refractivity contribution in [3.63, 3.8) is 0 Å². The van der Waals surface area contributed by atoms with Gasteiger partial charge in [-0.25, -0.2) is 0 Å². The minimum absolute atomic E-state index is 0.0266. The van der Waals surface area contributed by atoms with Crippen molar-refractivity contribution in [2.24, 2.45) is 0 Å². The molecule has 0 unspecified atom stereocenters. The van der Waals surface area contributed by atoms with Gasteiger partial charge in [0.2, 0.25) is 5.91 Å². The largest absolute Gasteiger partial charge is 0.325 e. The molecule has 1 aliphatic rings. The summed E-state index contributed by atoms with van der Waals surface area (Å²) in [6.45, 7) is 4.55. The second-order valence-corrected chi connectivity index (χ2v) is 4.83. The molecule has 1 amide bonds. The molecule has 3 heteroatoms. The number of rotatable bonds is 4. The lowest BCUT2D eigenvalue weighted by Gasteiger charge is -2.11. The number of hydrogen-bond donors (Lipinski definition) is 2. The monoisotopic (exact) mass is 218 g/mol. The summed E-state index contributed by atoms with van der Waals surface area (Å²) in [7, 11) is 0. The molecule has 1 aliphatic carbocycles. The maximum atomic E-state index is 11.6. The van der Waals surface area contributed by atoms with Crippen LogP contribution < -0.4 is 10.6 Å². The van der Waals surface area contributed by atoms with Crippen LogP contribution in [0.3, 0.4) is 0 Å². The summed E-state index contributed by atoms with van der Waals surface area (Å²) >= 11 is 0. The van der Waals surface area contributed by atoms with Crippen molar-refractivity contribution < 1.29 is 4.79 Å². The average Bonchev–Trinajstić information content (AvgIpc) is 2.95. The van der Waals surface area contributed by atoms with Crippen molar-refractivity contribution in [3.8, 4) is 0 Å². The molecule has 2 rings (SSSR count). The van der Waals surface area contributed by atoms with Crippen LogP contribution in [0.5, 0.6) is 0 Å². The van der Waals surface area contributed by atoms with Crippen LogP contribution in [0.25, 0.3) is 0 Å². The first-order chi connectivity index (χ1) is 7.57. The number of amides is 1. The van der Waals surface area contributed by atoms with Gasteiger partial charge in [-0.1, -0.05) is 12.1 Å². The zero-order chi connectivity index (χ0) is 11.6. The SMILES string of the molecule is Cc1cccc(NC(=O)CNC2(C)CC2)c1. The molecular formula is C13H18N2O. The van der Waals surface area contributed by atoms with Gasteiger partial charge in [-0.05, 0) is 44.4 Å². The highest BCUT2D eigenvalue weighted by Gasteiger charge is 2.36. The van der Waals surface area contributed by atoms with Gasteiger partial charge in [0, 0.05) is 11.2 Å². The average molecular weight is 218 g/mol. The highest BCUT2D eigenvalue weighted by atomic mass is 16.1. The molecule has 0 saturated heterocycles. The van der Waals surface area contributed by atoms with Crippen molar-refractivity contribution in [3.05, 3.63) is 29.8 Å². The number of aryl methyl sites for hydroxylation is 1. The highest BCUT2D eigenvalue weighted by molar-refractivity contribution is 5.92. The first-order valence-electron chi connectivity index (χ1n) is 5.69. The van der Waals surface area contributed by atoms with Crippen LogP contribution in [0.1, 0.15) is 25.3 Å². The van der Waals surface area contributed by atoms with E-state index in [-0.39, 0.29) is 11.4 Å². The van der Waals surface area contributed by atoms with Gasteiger partial charge in [0.05, 0.1) is 6.54 Å². The molecule has 1 fully saturated rings. The molecule has 86 valence electrons. The summed E-state index contributed by atoms with van der Waals surface area (Å²) in [5.74, 6) is 0.0266. The van der Waals surface area contributed by atoms with Crippen molar-refractivity contribution in [2.75, 3.05) is 11.9 Å². The third-order valence-electron chi connectivity index (χ3n) is 2.98. The molecule has 2 N–H and O–H groups in total. The molecule has 1 saturated carbocycles. The predicted molar refractivity (Wildman–Crippen MR) is 65.5 cm³/mol. The molecule has 0 heterocycles. The van der Waals surface area contributed by atoms with Crippen LogP contribution in [0.15, 0.2) is 24.3 Å². The third-order valence-corrected chi connectivity index (χ3v) is 2.98. The zero-order valence-electron chi connectivity index (χ0n) is 9.84. The normalized spacial score (nSPS) is 16.9. The van der Waals surface area contributed by atoms with Crippen LogP contribution in [0.2, 0.25) is 0 Å². The number of carbonyl (C=O) groups is 1. The van der Waals surface area contributed by atoms with E-state index in [0.717, 1.165) is 11.3 Å². The van der Waals surface area contributed by atoms with Gasteiger partial charge in [-0.3, -0.25) is 4.79 Å². The van der Waals surface area contributed by atoms with E-state index in [2.05, 4.69) is 17.6 Å². The Hall–Kier alpha value is -1.35. The van der Waals surface area contributed by atoms with E-state index in [0.29, 0.717) is 6.54 Å². The van der Waals surface area contributed by atoms with Gasteiger partial charge >= 0.3 is 0 Å². The Morgan fingerprint density at radius 1 is 1.44 bits per heavy atom. The van der Waals surface area contributed by atoms with E-state index < -0.39 is 0 Å². The predicted octanol–water partition coefficient (Wildman–Crippen LogP) is 2.08. The molecule has 0 bridgehead atoms. The summed E-state index contributed by atoms with van der Waals surface area (Å²) < 4.78 is 0. The van der Waals surface area contributed by atoms with Crippen LogP contribution in [-0.4, -0.2) is 18.0 Å². The minimum atomic E-state index is 0.0266. The molecule has 16 heavy (non-hydrogen) atoms. The molecule has 1 aromatic carbocycles. The van der Waals surface area contributed by atoms with Crippen molar-refractivity contribution in [1.29, 1.82) is 0 Å². The summed E-state index contributed by atoms with van der Waals surface area (Å²) in [5, 5.41) is 6.14. The maximum Gasteiger partial charge on any atom is 0.238 e. The molecule has 0 aromatic heterocycles. The number of hydrogen-bond acceptors (Lipinski definition) is 2. The first-order valence-corrected chi connectivity index (χ1v) is 5.69. The van der Waals surface area contributed by atoms with Gasteiger partial charge < -0.3 is 10.6 Å². The smallest absolute Gasteiger partial charge is 0.238 e. The van der Waals surface area contributed by atoms with Crippen LogP contribution >= 0.6 is 0 Å². The van der Waals surface area contributed by atoms with E-state index in [4.69, 9.17) is 0 Å². The molecule has 0 spiro atoms. The third kappa shape index (κ3) is 3.07. The van der Waals surface area contributed by atoms with Gasteiger partial charge in [-0.15, -0.1) is 0 Å². The zero-order valence-corrected chi connectivity index (χ0v) is 9.84. The minimum Gasteiger partial charge on any atom is -0.325 e. The second kappa shape index (κ2) is 4.26. The number of carbonyl (C=O) groups excluding carboxylic acids is 1. The summed E-state index contributed by atoms with van der Waals surface area (Å²) in [4.78, 5) is 11.6. The molecule has 0 atom stereocenters. The van der Waals surface area contributed by atoms with E-state index >= 15 is 0 Å². The first kappa shape index (κ1) is 11.1. The Kier molecular flexibility index (Phi) is 2.97. The molecule has 0 aliphatic heterocycles. The topological polar surface area (TPSA) is 41.1 Å². The lowest BCUT2D eigenvalue weighted by molar-refractivity contribution is -0.115. The lowest BCUT2D eigenvalue weighted by atomic mass is 10.2. The fourth-order valence-corrected chi connectivity index (χ4v) is 1.59. The fourth-order valence-electron chi connectivity index (χ4n) is 1.59. The van der Waals surface area contributed by atoms with Gasteiger partial charge in [0.15, 0.2) is 0 Å². The Bertz CT molecular complexity index is 397. The number of nitrogens with one attached hydrogen (secondary N) is 2. The summed E-state index contributed by atoms with van der Waals surface area (Å²) in [6, 6.07) is 7.83. The molecule has 1 aromatic rings. The van der Waals surface area contributed by atoms with E-state index in [1.807, 2.05) is 31.2 Å². The standard InChI is InChI=1S/C13H18N2O/c1-10-4-3-5-11(8-10)15-12(16)9-14-13(2)6-7-13/h3-5,8,14H,6-7,9H2,1-2H3,(H,15,16). The van der Waals surface area contributed by atoms with Crippen LogP contribution in [0.4, 0.5) is 5.69 Å². The summed E-state index contributed by atoms with van der Waals surface area (Å²) in [5.41, 5.74) is 2.23. The second-order valence-electron chi connectivity index (χ2n) is 4.83. The van der Waals surface area contributed by atoms with E-state index in [1.54, 1.807) is 0 Å². The van der Waals surface area contributed by atoms with Gasteiger partial charge in [0.25, 0.3) is 0 Å². The Morgan fingerprint density at radius 2 is 2.19 bits per heavy atom. The van der Waals surface area contributed by atoms with Crippen molar-refractivity contribution >= 4 is 11.6 Å².